The Morgan fingerprint density at radius 3 is 2.50 bits per heavy atom. The number of carboxylic acids is 1. The second-order valence-electron chi connectivity index (χ2n) is 4.33. The van der Waals surface area contributed by atoms with Crippen molar-refractivity contribution in [3.05, 3.63) is 42.0 Å². The highest BCUT2D eigenvalue weighted by Gasteiger charge is 2.15. The van der Waals surface area contributed by atoms with Gasteiger partial charge in [0.2, 0.25) is 0 Å². The molecule has 0 spiro atoms. The lowest BCUT2D eigenvalue weighted by Crippen LogP contribution is -2.08. The van der Waals surface area contributed by atoms with Crippen LogP contribution in [0.5, 0.6) is 5.75 Å². The van der Waals surface area contributed by atoms with Crippen molar-refractivity contribution in [1.29, 1.82) is 0 Å². The molecule has 0 heterocycles. The lowest BCUT2D eigenvalue weighted by atomic mass is 9.93. The number of aliphatic hydroxyl groups excluding tert-OH is 1. The van der Waals surface area contributed by atoms with Crippen LogP contribution in [0.1, 0.15) is 31.4 Å². The third-order valence-electron chi connectivity index (χ3n) is 2.82. The molecule has 2 atom stereocenters. The highest BCUT2D eigenvalue weighted by molar-refractivity contribution is 5.79. The molecule has 1 aromatic rings. The molecule has 18 heavy (non-hydrogen) atoms. The summed E-state index contributed by atoms with van der Waals surface area (Å²) in [6.07, 6.45) is 3.40. The van der Waals surface area contributed by atoms with Gasteiger partial charge in [0.15, 0.2) is 0 Å². The number of carboxylic acid groups (broad SMARTS) is 1. The first-order valence-corrected chi connectivity index (χ1v) is 5.87. The number of hydrogen-bond acceptors (Lipinski definition) is 3. The van der Waals surface area contributed by atoms with E-state index in [1.54, 1.807) is 18.2 Å². The third kappa shape index (κ3) is 4.59. The molecule has 1 aromatic carbocycles. The fraction of sp³-hybridized carbons (Fsp3) is 0.357. The van der Waals surface area contributed by atoms with Crippen molar-refractivity contribution in [2.24, 2.45) is 5.92 Å². The molecule has 98 valence electrons. The van der Waals surface area contributed by atoms with E-state index >= 15 is 0 Å². The van der Waals surface area contributed by atoms with Crippen molar-refractivity contribution in [3.63, 3.8) is 0 Å². The van der Waals surface area contributed by atoms with E-state index in [0.29, 0.717) is 12.8 Å². The van der Waals surface area contributed by atoms with E-state index in [1.165, 1.54) is 12.1 Å². The van der Waals surface area contributed by atoms with Crippen LogP contribution in [-0.4, -0.2) is 21.3 Å². The molecule has 0 amide bonds. The van der Waals surface area contributed by atoms with Crippen LogP contribution in [0.3, 0.4) is 0 Å². The van der Waals surface area contributed by atoms with Gasteiger partial charge in [0, 0.05) is 6.08 Å². The number of aliphatic carboxylic acids is 1. The number of allylic oxidation sites excluding steroid dienone is 1. The normalized spacial score (nSPS) is 14.6. The zero-order chi connectivity index (χ0) is 13.5. The number of benzene rings is 1. The molecule has 0 aromatic heterocycles. The van der Waals surface area contributed by atoms with Gasteiger partial charge >= 0.3 is 5.97 Å². The van der Waals surface area contributed by atoms with Crippen LogP contribution < -0.4 is 0 Å². The quantitative estimate of drug-likeness (QED) is 0.678. The second-order valence-corrected chi connectivity index (χ2v) is 4.33. The highest BCUT2D eigenvalue weighted by Crippen LogP contribution is 2.26. The molecular formula is C14H18O4. The summed E-state index contributed by atoms with van der Waals surface area (Å²) in [6.45, 7) is 1.91. The molecule has 0 fully saturated rings. The van der Waals surface area contributed by atoms with Crippen molar-refractivity contribution >= 4 is 5.97 Å². The lowest BCUT2D eigenvalue weighted by molar-refractivity contribution is -0.131. The maximum atomic E-state index is 10.3. The molecule has 4 heteroatoms. The van der Waals surface area contributed by atoms with Crippen LogP contribution in [-0.2, 0) is 4.79 Å². The van der Waals surface area contributed by atoms with Gasteiger partial charge in [-0.05, 0) is 36.5 Å². The fourth-order valence-corrected chi connectivity index (χ4v) is 1.70. The zero-order valence-corrected chi connectivity index (χ0v) is 10.3. The maximum Gasteiger partial charge on any atom is 0.327 e. The van der Waals surface area contributed by atoms with Crippen molar-refractivity contribution < 1.29 is 20.1 Å². The predicted octanol–water partition coefficient (Wildman–Crippen LogP) is 2.48. The molecule has 0 aliphatic rings. The molecule has 4 nitrogen and oxygen atoms in total. The van der Waals surface area contributed by atoms with Gasteiger partial charge < -0.3 is 15.3 Å². The molecular weight excluding hydrogens is 232 g/mol. The standard InChI is InChI=1S/C14H18O4/c1-10(4-2-3-5-13(16)17)14(18)11-6-8-12(15)9-7-11/h3,5-10,14-15,18H,2,4H2,1H3,(H,16,17)/b5-3+/t10-,14-/m0/s1. The van der Waals surface area contributed by atoms with Crippen molar-refractivity contribution in [2.75, 3.05) is 0 Å². The number of rotatable bonds is 6. The minimum Gasteiger partial charge on any atom is -0.508 e. The Labute approximate surface area is 106 Å². The van der Waals surface area contributed by atoms with Gasteiger partial charge in [0.05, 0.1) is 6.10 Å². The number of aliphatic hydroxyl groups is 1. The van der Waals surface area contributed by atoms with Crippen LogP contribution >= 0.6 is 0 Å². The third-order valence-corrected chi connectivity index (χ3v) is 2.82. The average molecular weight is 250 g/mol. The summed E-state index contributed by atoms with van der Waals surface area (Å²) in [5, 5.41) is 27.7. The van der Waals surface area contributed by atoms with E-state index in [-0.39, 0.29) is 11.7 Å². The van der Waals surface area contributed by atoms with Gasteiger partial charge in [0.25, 0.3) is 0 Å². The van der Waals surface area contributed by atoms with E-state index in [2.05, 4.69) is 0 Å². The van der Waals surface area contributed by atoms with Gasteiger partial charge in [-0.15, -0.1) is 0 Å². The largest absolute Gasteiger partial charge is 0.508 e. The first kappa shape index (κ1) is 14.3. The summed E-state index contributed by atoms with van der Waals surface area (Å²) < 4.78 is 0. The van der Waals surface area contributed by atoms with Gasteiger partial charge in [-0.1, -0.05) is 25.1 Å². The number of hydrogen-bond donors (Lipinski definition) is 3. The smallest absolute Gasteiger partial charge is 0.327 e. The minimum absolute atomic E-state index is 0.0213. The monoisotopic (exact) mass is 250 g/mol. The Morgan fingerprint density at radius 2 is 1.94 bits per heavy atom. The summed E-state index contributed by atoms with van der Waals surface area (Å²) >= 11 is 0. The molecule has 3 N–H and O–H groups in total. The molecule has 0 radical (unpaired) electrons. The van der Waals surface area contributed by atoms with E-state index in [4.69, 9.17) is 10.2 Å². The van der Waals surface area contributed by atoms with Crippen LogP contribution in [0.2, 0.25) is 0 Å². The van der Waals surface area contributed by atoms with Gasteiger partial charge in [-0.25, -0.2) is 4.79 Å². The Morgan fingerprint density at radius 1 is 1.33 bits per heavy atom. The average Bonchev–Trinajstić information content (AvgIpc) is 2.34. The first-order chi connectivity index (χ1) is 8.50. The zero-order valence-electron chi connectivity index (χ0n) is 10.3. The van der Waals surface area contributed by atoms with E-state index < -0.39 is 12.1 Å². The van der Waals surface area contributed by atoms with E-state index in [9.17, 15) is 9.90 Å². The SMILES string of the molecule is C[C@@H](CC/C=C/C(=O)O)[C@H](O)c1ccc(O)cc1. The topological polar surface area (TPSA) is 77.8 Å². The molecule has 1 rings (SSSR count). The molecule has 0 saturated carbocycles. The number of aromatic hydroxyl groups is 1. The van der Waals surface area contributed by atoms with Crippen molar-refractivity contribution in [2.45, 2.75) is 25.9 Å². The Kier molecular flexibility index (Phi) is 5.39. The second kappa shape index (κ2) is 6.81. The minimum atomic E-state index is -0.957. The van der Waals surface area contributed by atoms with Crippen LogP contribution in [0.4, 0.5) is 0 Å². The summed E-state index contributed by atoms with van der Waals surface area (Å²) in [4.78, 5) is 10.3. The van der Waals surface area contributed by atoms with Gasteiger partial charge in [-0.3, -0.25) is 0 Å². The number of phenolic OH excluding ortho intramolecular Hbond substituents is 1. The molecule has 0 aliphatic heterocycles. The van der Waals surface area contributed by atoms with E-state index in [1.807, 2.05) is 6.92 Å². The fourth-order valence-electron chi connectivity index (χ4n) is 1.70. The predicted molar refractivity (Wildman–Crippen MR) is 68.2 cm³/mol. The van der Waals surface area contributed by atoms with Gasteiger partial charge in [-0.2, -0.15) is 0 Å². The maximum absolute atomic E-state index is 10.3. The van der Waals surface area contributed by atoms with E-state index in [0.717, 1.165) is 11.6 Å². The molecule has 0 unspecified atom stereocenters. The first-order valence-electron chi connectivity index (χ1n) is 5.87. The summed E-state index contributed by atoms with van der Waals surface area (Å²) in [6, 6.07) is 6.44. The molecule has 0 saturated heterocycles. The van der Waals surface area contributed by atoms with Crippen molar-refractivity contribution in [1.82, 2.24) is 0 Å². The summed E-state index contributed by atoms with van der Waals surface area (Å²) in [5.41, 5.74) is 0.752. The van der Waals surface area contributed by atoms with Crippen LogP contribution in [0.25, 0.3) is 0 Å². The Hall–Kier alpha value is -1.81. The van der Waals surface area contributed by atoms with Gasteiger partial charge in [0.1, 0.15) is 5.75 Å². The molecule has 0 aliphatic carbocycles. The summed E-state index contributed by atoms with van der Waals surface area (Å²) in [7, 11) is 0. The lowest BCUT2D eigenvalue weighted by Gasteiger charge is -2.18. The number of carbonyl (C=O) groups is 1. The Bertz CT molecular complexity index is 408. The van der Waals surface area contributed by atoms with Crippen molar-refractivity contribution in [3.8, 4) is 5.75 Å². The van der Waals surface area contributed by atoms with Crippen LogP contribution in [0, 0.1) is 5.92 Å². The molecule has 0 bridgehead atoms. The Balaban J connectivity index is 2.48. The van der Waals surface area contributed by atoms with Crippen LogP contribution in [0.15, 0.2) is 36.4 Å². The summed E-state index contributed by atoms with van der Waals surface area (Å²) in [5.74, 6) is -0.766. The number of phenols is 1. The highest BCUT2D eigenvalue weighted by atomic mass is 16.4.